The number of nitrogen functional groups attached to an aromatic ring is 1. The van der Waals surface area contributed by atoms with E-state index in [0.717, 1.165) is 48.5 Å². The van der Waals surface area contributed by atoms with E-state index in [0.29, 0.717) is 6.54 Å². The van der Waals surface area contributed by atoms with Crippen LogP contribution in [0.15, 0.2) is 0 Å². The molecule has 0 bridgehead atoms. The number of hydrogen-bond acceptors (Lipinski definition) is 4. The summed E-state index contributed by atoms with van der Waals surface area (Å²) in [5, 5.41) is 14.8. The van der Waals surface area contributed by atoms with Gasteiger partial charge in [-0.1, -0.05) is 0 Å². The van der Waals surface area contributed by atoms with Crippen molar-refractivity contribution >= 4 is 5.69 Å². The van der Waals surface area contributed by atoms with Crippen molar-refractivity contribution in [1.82, 2.24) is 14.7 Å². The lowest BCUT2D eigenvalue weighted by atomic mass is 10.2. The average molecular weight is 292 g/mol. The Labute approximate surface area is 127 Å². The van der Waals surface area contributed by atoms with Crippen LogP contribution in [-0.2, 0) is 6.54 Å². The molecule has 1 heterocycles. The third-order valence-corrected chi connectivity index (χ3v) is 4.72. The Kier molecular flexibility index (Phi) is 4.22. The van der Waals surface area contributed by atoms with Gasteiger partial charge in [-0.05, 0) is 51.4 Å². The Balaban J connectivity index is 1.54. The molecule has 1 aromatic heterocycles. The second-order valence-electron chi connectivity index (χ2n) is 7.03. The van der Waals surface area contributed by atoms with E-state index in [1.54, 1.807) is 0 Å². The van der Waals surface area contributed by atoms with E-state index in [4.69, 9.17) is 5.73 Å². The third-order valence-electron chi connectivity index (χ3n) is 4.72. The molecule has 1 atom stereocenters. The lowest BCUT2D eigenvalue weighted by molar-refractivity contribution is 0.0896. The molecule has 1 aromatic rings. The molecule has 2 aliphatic carbocycles. The zero-order valence-electron chi connectivity index (χ0n) is 13.3. The molecule has 0 saturated heterocycles. The molecule has 3 rings (SSSR count). The maximum absolute atomic E-state index is 10.4. The van der Waals surface area contributed by atoms with Crippen LogP contribution in [0.3, 0.4) is 0 Å². The van der Waals surface area contributed by atoms with Crippen LogP contribution in [0.2, 0.25) is 0 Å². The molecule has 3 N–H and O–H groups in total. The number of hydrogen-bond donors (Lipinski definition) is 2. The summed E-state index contributed by atoms with van der Waals surface area (Å²) in [6.45, 7) is 7.49. The molecule has 1 unspecified atom stereocenters. The van der Waals surface area contributed by atoms with E-state index in [2.05, 4.69) is 10.00 Å². The van der Waals surface area contributed by atoms with Crippen molar-refractivity contribution in [2.24, 2.45) is 11.8 Å². The SMILES string of the molecule is Cc1nn(CC(O)CN(CC2CC2)CC2CC2)c(C)c1N. The smallest absolute Gasteiger partial charge is 0.0862 e. The summed E-state index contributed by atoms with van der Waals surface area (Å²) in [6, 6.07) is 0. The Hall–Kier alpha value is -1.07. The predicted octanol–water partition coefficient (Wildman–Crippen LogP) is 1.57. The zero-order valence-corrected chi connectivity index (χ0v) is 13.3. The van der Waals surface area contributed by atoms with Crippen molar-refractivity contribution in [1.29, 1.82) is 0 Å². The summed E-state index contributed by atoms with van der Waals surface area (Å²) in [5.74, 6) is 1.75. The maximum atomic E-state index is 10.4. The first-order chi connectivity index (χ1) is 10.0. The highest BCUT2D eigenvalue weighted by Gasteiger charge is 2.30. The number of nitrogens with two attached hydrogens (primary N) is 1. The Bertz CT molecular complexity index is 477. The number of rotatable bonds is 8. The van der Waals surface area contributed by atoms with E-state index < -0.39 is 0 Å². The monoisotopic (exact) mass is 292 g/mol. The molecule has 0 amide bonds. The number of aliphatic hydroxyl groups excluding tert-OH is 1. The van der Waals surface area contributed by atoms with Crippen molar-refractivity contribution in [3.8, 4) is 0 Å². The van der Waals surface area contributed by atoms with Gasteiger partial charge in [0.15, 0.2) is 0 Å². The van der Waals surface area contributed by atoms with Crippen LogP contribution >= 0.6 is 0 Å². The van der Waals surface area contributed by atoms with E-state index in [1.165, 1.54) is 25.7 Å². The van der Waals surface area contributed by atoms with Crippen molar-refractivity contribution in [3.05, 3.63) is 11.4 Å². The van der Waals surface area contributed by atoms with Gasteiger partial charge in [-0.25, -0.2) is 0 Å². The average Bonchev–Trinajstić information content (AvgIpc) is 3.31. The minimum absolute atomic E-state index is 0.375. The normalized spacial score (nSPS) is 20.2. The van der Waals surface area contributed by atoms with Crippen molar-refractivity contribution in [2.75, 3.05) is 25.4 Å². The van der Waals surface area contributed by atoms with Crippen LogP contribution in [0, 0.1) is 25.7 Å². The summed E-state index contributed by atoms with van der Waals surface area (Å²) >= 11 is 0. The largest absolute Gasteiger partial charge is 0.396 e. The first kappa shape index (κ1) is 14.9. The highest BCUT2D eigenvalue weighted by molar-refractivity contribution is 5.46. The van der Waals surface area contributed by atoms with Crippen LogP contribution in [0.25, 0.3) is 0 Å². The van der Waals surface area contributed by atoms with Crippen molar-refractivity contribution < 1.29 is 5.11 Å². The van der Waals surface area contributed by atoms with Crippen LogP contribution < -0.4 is 5.73 Å². The lowest BCUT2D eigenvalue weighted by Gasteiger charge is -2.25. The fourth-order valence-corrected chi connectivity index (χ4v) is 3.00. The molecular formula is C16H28N4O. The van der Waals surface area contributed by atoms with Gasteiger partial charge in [0.05, 0.1) is 29.7 Å². The van der Waals surface area contributed by atoms with Gasteiger partial charge in [-0.3, -0.25) is 4.68 Å². The number of aromatic nitrogens is 2. The molecule has 2 aliphatic rings. The molecule has 118 valence electrons. The Morgan fingerprint density at radius 3 is 2.24 bits per heavy atom. The second kappa shape index (κ2) is 5.97. The maximum Gasteiger partial charge on any atom is 0.0862 e. The molecule has 0 aromatic carbocycles. The molecule has 2 fully saturated rings. The highest BCUT2D eigenvalue weighted by atomic mass is 16.3. The molecule has 0 aliphatic heterocycles. The minimum atomic E-state index is -0.375. The molecule has 2 saturated carbocycles. The van der Waals surface area contributed by atoms with E-state index >= 15 is 0 Å². The van der Waals surface area contributed by atoms with Gasteiger partial charge < -0.3 is 15.7 Å². The summed E-state index contributed by atoms with van der Waals surface area (Å²) in [4.78, 5) is 2.47. The van der Waals surface area contributed by atoms with Gasteiger partial charge >= 0.3 is 0 Å². The summed E-state index contributed by atoms with van der Waals surface area (Å²) in [6.07, 6.45) is 5.09. The van der Waals surface area contributed by atoms with Gasteiger partial charge in [0, 0.05) is 19.6 Å². The van der Waals surface area contributed by atoms with Gasteiger partial charge in [-0.2, -0.15) is 5.10 Å². The van der Waals surface area contributed by atoms with Gasteiger partial charge in [0.25, 0.3) is 0 Å². The molecule has 5 nitrogen and oxygen atoms in total. The molecule has 5 heteroatoms. The number of aliphatic hydroxyl groups is 1. The molecule has 0 spiro atoms. The lowest BCUT2D eigenvalue weighted by Crippen LogP contribution is -2.37. The standard InChI is InChI=1S/C16H28N4O/c1-11-16(17)12(2)20(18-11)10-15(21)9-19(7-13-3-4-13)8-14-5-6-14/h13-15,21H,3-10,17H2,1-2H3. The summed E-state index contributed by atoms with van der Waals surface area (Å²) < 4.78 is 1.85. The quantitative estimate of drug-likeness (QED) is 0.763. The third kappa shape index (κ3) is 3.98. The Morgan fingerprint density at radius 2 is 1.81 bits per heavy atom. The molecule has 21 heavy (non-hydrogen) atoms. The fraction of sp³-hybridized carbons (Fsp3) is 0.812. The number of aryl methyl sites for hydroxylation is 1. The van der Waals surface area contributed by atoms with Crippen LogP contribution in [0.1, 0.15) is 37.1 Å². The second-order valence-corrected chi connectivity index (χ2v) is 7.03. The van der Waals surface area contributed by atoms with Gasteiger partial charge in [0.1, 0.15) is 0 Å². The molecule has 0 radical (unpaired) electrons. The summed E-state index contributed by atoms with van der Waals surface area (Å²) in [5.41, 5.74) is 8.51. The van der Waals surface area contributed by atoms with Crippen molar-refractivity contribution in [3.63, 3.8) is 0 Å². The zero-order chi connectivity index (χ0) is 15.0. The van der Waals surface area contributed by atoms with Crippen molar-refractivity contribution in [2.45, 2.75) is 52.2 Å². The predicted molar refractivity (Wildman–Crippen MR) is 84.0 cm³/mol. The van der Waals surface area contributed by atoms with E-state index in [1.807, 2.05) is 18.5 Å². The van der Waals surface area contributed by atoms with Gasteiger partial charge in [-0.15, -0.1) is 0 Å². The topological polar surface area (TPSA) is 67.3 Å². The van der Waals surface area contributed by atoms with E-state index in [-0.39, 0.29) is 6.10 Å². The van der Waals surface area contributed by atoms with Crippen LogP contribution in [0.5, 0.6) is 0 Å². The Morgan fingerprint density at radius 1 is 1.24 bits per heavy atom. The molecular weight excluding hydrogens is 264 g/mol. The first-order valence-corrected chi connectivity index (χ1v) is 8.22. The van der Waals surface area contributed by atoms with Crippen LogP contribution in [0.4, 0.5) is 5.69 Å². The summed E-state index contributed by atoms with van der Waals surface area (Å²) in [7, 11) is 0. The number of anilines is 1. The van der Waals surface area contributed by atoms with Crippen LogP contribution in [-0.4, -0.2) is 45.5 Å². The number of nitrogens with zero attached hydrogens (tertiary/aromatic N) is 3. The first-order valence-electron chi connectivity index (χ1n) is 8.22. The minimum Gasteiger partial charge on any atom is -0.396 e. The highest BCUT2D eigenvalue weighted by Crippen LogP contribution is 2.33. The van der Waals surface area contributed by atoms with E-state index in [9.17, 15) is 5.11 Å². The van der Waals surface area contributed by atoms with Gasteiger partial charge in [0.2, 0.25) is 0 Å². The fourth-order valence-electron chi connectivity index (χ4n) is 3.00.